The van der Waals surface area contributed by atoms with Crippen molar-refractivity contribution in [1.29, 1.82) is 0 Å². The smallest absolute Gasteiger partial charge is 0.218 e. The molecule has 1 unspecified atom stereocenters. The molecule has 4 heteroatoms. The SMILES string of the molecule is CC(O)c1ccc(SCCC(N)=O)cc1. The second-order valence-corrected chi connectivity index (χ2v) is 4.48. The van der Waals surface area contributed by atoms with E-state index in [2.05, 4.69) is 0 Å². The fourth-order valence-electron chi connectivity index (χ4n) is 1.11. The van der Waals surface area contributed by atoms with Gasteiger partial charge in [-0.2, -0.15) is 0 Å². The minimum atomic E-state index is -0.435. The lowest BCUT2D eigenvalue weighted by atomic mass is 10.1. The number of hydrogen-bond acceptors (Lipinski definition) is 3. The molecule has 1 aromatic carbocycles. The summed E-state index contributed by atoms with van der Waals surface area (Å²) in [7, 11) is 0. The quantitative estimate of drug-likeness (QED) is 0.750. The van der Waals surface area contributed by atoms with Crippen LogP contribution < -0.4 is 5.73 Å². The van der Waals surface area contributed by atoms with Crippen molar-refractivity contribution in [3.05, 3.63) is 29.8 Å². The van der Waals surface area contributed by atoms with Crippen LogP contribution in [0, 0.1) is 0 Å². The highest BCUT2D eigenvalue weighted by molar-refractivity contribution is 7.99. The maximum absolute atomic E-state index is 10.5. The summed E-state index contributed by atoms with van der Waals surface area (Å²) in [5, 5.41) is 9.30. The van der Waals surface area contributed by atoms with Crippen LogP contribution in [0.2, 0.25) is 0 Å². The molecule has 0 bridgehead atoms. The Morgan fingerprint density at radius 1 is 1.47 bits per heavy atom. The van der Waals surface area contributed by atoms with Crippen LogP contribution in [0.1, 0.15) is 25.0 Å². The summed E-state index contributed by atoms with van der Waals surface area (Å²) in [6, 6.07) is 7.65. The lowest BCUT2D eigenvalue weighted by Crippen LogP contribution is -2.10. The van der Waals surface area contributed by atoms with Crippen molar-refractivity contribution in [1.82, 2.24) is 0 Å². The third-order valence-electron chi connectivity index (χ3n) is 1.98. The molecule has 1 amide bonds. The van der Waals surface area contributed by atoms with Crippen LogP contribution in [0.3, 0.4) is 0 Å². The van der Waals surface area contributed by atoms with Crippen molar-refractivity contribution in [2.45, 2.75) is 24.3 Å². The first-order chi connectivity index (χ1) is 7.09. The predicted molar refractivity (Wildman–Crippen MR) is 61.6 cm³/mol. The van der Waals surface area contributed by atoms with Gasteiger partial charge in [-0.25, -0.2) is 0 Å². The first-order valence-electron chi connectivity index (χ1n) is 4.78. The Morgan fingerprint density at radius 2 is 2.07 bits per heavy atom. The van der Waals surface area contributed by atoms with Crippen LogP contribution in [0.4, 0.5) is 0 Å². The number of rotatable bonds is 5. The molecular formula is C11H15NO2S. The lowest BCUT2D eigenvalue weighted by molar-refractivity contribution is -0.117. The van der Waals surface area contributed by atoms with E-state index in [4.69, 9.17) is 5.73 Å². The molecule has 0 saturated heterocycles. The highest BCUT2D eigenvalue weighted by Crippen LogP contribution is 2.21. The standard InChI is InChI=1S/C11H15NO2S/c1-8(13)9-2-4-10(5-3-9)15-7-6-11(12)14/h2-5,8,13H,6-7H2,1H3,(H2,12,14). The van der Waals surface area contributed by atoms with E-state index in [0.29, 0.717) is 12.2 Å². The monoisotopic (exact) mass is 225 g/mol. The number of primary amides is 1. The molecule has 0 aliphatic rings. The number of aliphatic hydroxyl groups excluding tert-OH is 1. The van der Waals surface area contributed by atoms with Crippen molar-refractivity contribution in [3.8, 4) is 0 Å². The molecule has 0 aliphatic heterocycles. The fourth-order valence-corrected chi connectivity index (χ4v) is 1.98. The minimum absolute atomic E-state index is 0.275. The summed E-state index contributed by atoms with van der Waals surface area (Å²) in [6.07, 6.45) is -0.0438. The van der Waals surface area contributed by atoms with E-state index in [1.165, 1.54) is 0 Å². The predicted octanol–water partition coefficient (Wildman–Crippen LogP) is 1.71. The van der Waals surface area contributed by atoms with Gasteiger partial charge in [0.2, 0.25) is 5.91 Å². The zero-order chi connectivity index (χ0) is 11.3. The van der Waals surface area contributed by atoms with Gasteiger partial charge >= 0.3 is 0 Å². The van der Waals surface area contributed by atoms with Crippen LogP contribution >= 0.6 is 11.8 Å². The van der Waals surface area contributed by atoms with Gasteiger partial charge in [0.15, 0.2) is 0 Å². The number of nitrogens with two attached hydrogens (primary N) is 1. The van der Waals surface area contributed by atoms with Gasteiger partial charge in [-0.05, 0) is 24.6 Å². The first kappa shape index (κ1) is 12.1. The Bertz CT molecular complexity index is 322. The summed E-state index contributed by atoms with van der Waals surface area (Å²) in [5.41, 5.74) is 5.93. The van der Waals surface area contributed by atoms with E-state index in [1.807, 2.05) is 24.3 Å². The maximum Gasteiger partial charge on any atom is 0.218 e. The average molecular weight is 225 g/mol. The average Bonchev–Trinajstić information content (AvgIpc) is 2.18. The molecule has 0 fully saturated rings. The number of carbonyl (C=O) groups excluding carboxylic acids is 1. The second kappa shape index (κ2) is 5.78. The van der Waals surface area contributed by atoms with Gasteiger partial charge in [0.1, 0.15) is 0 Å². The van der Waals surface area contributed by atoms with Gasteiger partial charge in [-0.15, -0.1) is 11.8 Å². The summed E-state index contributed by atoms with van der Waals surface area (Å²) in [4.78, 5) is 11.6. The van der Waals surface area contributed by atoms with Crippen LogP contribution in [0.25, 0.3) is 0 Å². The zero-order valence-electron chi connectivity index (χ0n) is 8.64. The highest BCUT2D eigenvalue weighted by Gasteiger charge is 2.01. The van der Waals surface area contributed by atoms with Gasteiger partial charge < -0.3 is 10.8 Å². The maximum atomic E-state index is 10.5. The summed E-state index contributed by atoms with van der Waals surface area (Å²) in [6.45, 7) is 1.73. The third kappa shape index (κ3) is 4.36. The third-order valence-corrected chi connectivity index (χ3v) is 2.99. The van der Waals surface area contributed by atoms with Gasteiger partial charge in [-0.1, -0.05) is 12.1 Å². The Balaban J connectivity index is 2.46. The van der Waals surface area contributed by atoms with E-state index in [9.17, 15) is 9.90 Å². The summed E-state index contributed by atoms with van der Waals surface area (Å²) < 4.78 is 0. The number of thioether (sulfide) groups is 1. The first-order valence-corrected chi connectivity index (χ1v) is 5.77. The van der Waals surface area contributed by atoms with E-state index in [0.717, 1.165) is 10.5 Å². The van der Waals surface area contributed by atoms with Crippen molar-refractivity contribution in [3.63, 3.8) is 0 Å². The molecule has 0 aliphatic carbocycles. The van der Waals surface area contributed by atoms with Crippen molar-refractivity contribution < 1.29 is 9.90 Å². The van der Waals surface area contributed by atoms with Gasteiger partial charge in [-0.3, -0.25) is 4.79 Å². The molecule has 0 radical (unpaired) electrons. The van der Waals surface area contributed by atoms with Crippen molar-refractivity contribution in [2.75, 3.05) is 5.75 Å². The molecule has 0 saturated carbocycles. The minimum Gasteiger partial charge on any atom is -0.389 e. The molecule has 82 valence electrons. The van der Waals surface area contributed by atoms with Gasteiger partial charge in [0.25, 0.3) is 0 Å². The Labute approximate surface area is 93.7 Å². The van der Waals surface area contributed by atoms with Crippen LogP contribution in [0.5, 0.6) is 0 Å². The van der Waals surface area contributed by atoms with E-state index < -0.39 is 6.10 Å². The molecule has 3 N–H and O–H groups in total. The molecule has 0 spiro atoms. The Morgan fingerprint density at radius 3 is 2.53 bits per heavy atom. The topological polar surface area (TPSA) is 63.3 Å². The number of hydrogen-bond donors (Lipinski definition) is 2. The van der Waals surface area contributed by atoms with Crippen LogP contribution in [-0.4, -0.2) is 16.8 Å². The number of benzene rings is 1. The molecule has 1 aromatic rings. The van der Waals surface area contributed by atoms with Gasteiger partial charge in [0.05, 0.1) is 6.10 Å². The highest BCUT2D eigenvalue weighted by atomic mass is 32.2. The largest absolute Gasteiger partial charge is 0.389 e. The number of carbonyl (C=O) groups is 1. The number of amides is 1. The summed E-state index contributed by atoms with van der Waals surface area (Å²) in [5.74, 6) is 0.423. The van der Waals surface area contributed by atoms with E-state index in [1.54, 1.807) is 18.7 Å². The zero-order valence-corrected chi connectivity index (χ0v) is 9.46. The van der Waals surface area contributed by atoms with E-state index in [-0.39, 0.29) is 5.91 Å². The Kier molecular flexibility index (Phi) is 4.65. The molecule has 0 heterocycles. The van der Waals surface area contributed by atoms with Crippen molar-refractivity contribution >= 4 is 17.7 Å². The normalized spacial score (nSPS) is 12.4. The molecule has 1 rings (SSSR count). The fraction of sp³-hybridized carbons (Fsp3) is 0.364. The summed E-state index contributed by atoms with van der Waals surface area (Å²) >= 11 is 1.59. The van der Waals surface area contributed by atoms with Crippen molar-refractivity contribution in [2.24, 2.45) is 5.73 Å². The van der Waals surface area contributed by atoms with E-state index >= 15 is 0 Å². The molecular weight excluding hydrogens is 210 g/mol. The molecule has 3 nitrogen and oxygen atoms in total. The van der Waals surface area contributed by atoms with Crippen LogP contribution in [0.15, 0.2) is 29.2 Å². The lowest BCUT2D eigenvalue weighted by Gasteiger charge is -2.05. The molecule has 1 atom stereocenters. The van der Waals surface area contributed by atoms with Crippen LogP contribution in [-0.2, 0) is 4.79 Å². The molecule has 15 heavy (non-hydrogen) atoms. The number of aliphatic hydroxyl groups is 1. The molecule has 0 aromatic heterocycles. The Hall–Kier alpha value is -1.00. The van der Waals surface area contributed by atoms with Gasteiger partial charge in [0, 0.05) is 17.1 Å². The second-order valence-electron chi connectivity index (χ2n) is 3.31.